The summed E-state index contributed by atoms with van der Waals surface area (Å²) in [5, 5.41) is 0. The third-order valence-corrected chi connectivity index (χ3v) is 6.48. The summed E-state index contributed by atoms with van der Waals surface area (Å²) in [6.45, 7) is 7.73. The molecule has 0 atom stereocenters. The molecule has 2 fully saturated rings. The van der Waals surface area contributed by atoms with Gasteiger partial charge in [-0.2, -0.15) is 0 Å². The Labute approximate surface area is 138 Å². The van der Waals surface area contributed by atoms with Crippen molar-refractivity contribution in [2.75, 3.05) is 13.2 Å². The predicted octanol–water partition coefficient (Wildman–Crippen LogP) is 6.53. The molecular weight excluding hydrogens is 268 g/mol. The van der Waals surface area contributed by atoms with Crippen LogP contribution in [0.25, 0.3) is 0 Å². The Morgan fingerprint density at radius 2 is 1.68 bits per heavy atom. The Kier molecular flexibility index (Phi) is 8.00. The van der Waals surface area contributed by atoms with E-state index in [0.29, 0.717) is 12.0 Å². The van der Waals surface area contributed by atoms with E-state index in [0.717, 1.165) is 18.4 Å². The fourth-order valence-corrected chi connectivity index (χ4v) is 4.96. The fraction of sp³-hybridized carbons (Fsp3) is 0.905. The molecule has 22 heavy (non-hydrogen) atoms. The van der Waals surface area contributed by atoms with Crippen LogP contribution in [0.15, 0.2) is 12.7 Å². The SMILES string of the molecule is C=CCOCCC1(CCCC)CCC(C2CCCCC2)CC1. The second-order valence-corrected chi connectivity index (χ2v) is 7.95. The molecule has 0 aromatic carbocycles. The average molecular weight is 307 g/mol. The lowest BCUT2D eigenvalue weighted by Gasteiger charge is -2.43. The molecule has 0 aromatic rings. The van der Waals surface area contributed by atoms with Gasteiger partial charge in [0.2, 0.25) is 0 Å². The Balaban J connectivity index is 1.81. The van der Waals surface area contributed by atoms with Crippen molar-refractivity contribution in [3.63, 3.8) is 0 Å². The van der Waals surface area contributed by atoms with Crippen molar-refractivity contribution in [2.24, 2.45) is 17.3 Å². The van der Waals surface area contributed by atoms with Crippen LogP contribution in [-0.2, 0) is 4.74 Å². The highest BCUT2D eigenvalue weighted by atomic mass is 16.5. The predicted molar refractivity (Wildman–Crippen MR) is 96.1 cm³/mol. The molecule has 2 rings (SSSR count). The molecule has 0 spiro atoms. The third-order valence-electron chi connectivity index (χ3n) is 6.48. The average Bonchev–Trinajstić information content (AvgIpc) is 2.58. The van der Waals surface area contributed by atoms with Gasteiger partial charge >= 0.3 is 0 Å². The van der Waals surface area contributed by atoms with Crippen molar-refractivity contribution in [2.45, 2.75) is 90.4 Å². The van der Waals surface area contributed by atoms with Crippen LogP contribution < -0.4 is 0 Å². The molecule has 1 heteroatoms. The summed E-state index contributed by atoms with van der Waals surface area (Å²) in [4.78, 5) is 0. The maximum absolute atomic E-state index is 5.72. The molecule has 0 unspecified atom stereocenters. The molecule has 2 saturated carbocycles. The van der Waals surface area contributed by atoms with Gasteiger partial charge in [-0.15, -0.1) is 6.58 Å². The van der Waals surface area contributed by atoms with Gasteiger partial charge in [-0.25, -0.2) is 0 Å². The molecule has 0 amide bonds. The van der Waals surface area contributed by atoms with Gasteiger partial charge in [0.15, 0.2) is 0 Å². The highest BCUT2D eigenvalue weighted by Crippen LogP contribution is 2.49. The van der Waals surface area contributed by atoms with Gasteiger partial charge in [0.25, 0.3) is 0 Å². The summed E-state index contributed by atoms with van der Waals surface area (Å²) >= 11 is 0. The van der Waals surface area contributed by atoms with E-state index in [-0.39, 0.29) is 0 Å². The number of unbranched alkanes of at least 4 members (excludes halogenated alkanes) is 1. The van der Waals surface area contributed by atoms with E-state index in [2.05, 4.69) is 13.5 Å². The van der Waals surface area contributed by atoms with Gasteiger partial charge in [-0.05, 0) is 55.8 Å². The Morgan fingerprint density at radius 3 is 2.32 bits per heavy atom. The molecule has 0 radical (unpaired) electrons. The zero-order valence-electron chi connectivity index (χ0n) is 15.0. The van der Waals surface area contributed by atoms with Crippen molar-refractivity contribution in [3.05, 3.63) is 12.7 Å². The Hall–Kier alpha value is -0.300. The smallest absolute Gasteiger partial charge is 0.0644 e. The van der Waals surface area contributed by atoms with E-state index < -0.39 is 0 Å². The standard InChI is InChI=1S/C21H38O/c1-3-5-13-21(16-18-22-17-4-2)14-11-20(12-15-21)19-9-7-6-8-10-19/h4,19-20H,2-3,5-18H2,1H3. The Bertz CT molecular complexity index is 295. The van der Waals surface area contributed by atoms with Crippen LogP contribution in [0.4, 0.5) is 0 Å². The van der Waals surface area contributed by atoms with E-state index in [1.165, 1.54) is 83.5 Å². The van der Waals surface area contributed by atoms with E-state index in [1.807, 2.05) is 6.08 Å². The Morgan fingerprint density at radius 1 is 1.00 bits per heavy atom. The molecule has 2 aliphatic rings. The molecule has 0 N–H and O–H groups in total. The quantitative estimate of drug-likeness (QED) is 0.348. The maximum Gasteiger partial charge on any atom is 0.0644 e. The first-order valence-electron chi connectivity index (χ1n) is 9.98. The van der Waals surface area contributed by atoms with Crippen molar-refractivity contribution in [1.29, 1.82) is 0 Å². The molecule has 128 valence electrons. The molecule has 0 aromatic heterocycles. The van der Waals surface area contributed by atoms with Crippen molar-refractivity contribution in [1.82, 2.24) is 0 Å². The van der Waals surface area contributed by atoms with Crippen LogP contribution in [0, 0.1) is 17.3 Å². The summed E-state index contributed by atoms with van der Waals surface area (Å²) in [6.07, 6.45) is 20.8. The first kappa shape index (κ1) is 18.0. The normalized spacial score (nSPS) is 30.3. The molecule has 0 saturated heterocycles. The van der Waals surface area contributed by atoms with Crippen molar-refractivity contribution in [3.8, 4) is 0 Å². The van der Waals surface area contributed by atoms with Gasteiger partial charge < -0.3 is 4.74 Å². The lowest BCUT2D eigenvalue weighted by Crippen LogP contribution is -2.32. The lowest BCUT2D eigenvalue weighted by atomic mass is 9.62. The maximum atomic E-state index is 5.72. The largest absolute Gasteiger partial charge is 0.377 e. The molecule has 0 aliphatic heterocycles. The second kappa shape index (κ2) is 9.75. The molecular formula is C21H38O. The number of hydrogen-bond donors (Lipinski definition) is 0. The minimum absolute atomic E-state index is 0.600. The number of rotatable bonds is 9. The summed E-state index contributed by atoms with van der Waals surface area (Å²) in [6, 6.07) is 0. The van der Waals surface area contributed by atoms with Crippen molar-refractivity contribution >= 4 is 0 Å². The molecule has 0 bridgehead atoms. The highest BCUT2D eigenvalue weighted by molar-refractivity contribution is 4.88. The van der Waals surface area contributed by atoms with Crippen LogP contribution in [-0.4, -0.2) is 13.2 Å². The topological polar surface area (TPSA) is 9.23 Å². The highest BCUT2D eigenvalue weighted by Gasteiger charge is 2.37. The molecule has 0 heterocycles. The monoisotopic (exact) mass is 306 g/mol. The minimum atomic E-state index is 0.600. The van der Waals surface area contributed by atoms with Gasteiger partial charge in [0, 0.05) is 6.61 Å². The summed E-state index contributed by atoms with van der Waals surface area (Å²) in [5.74, 6) is 2.11. The molecule has 1 nitrogen and oxygen atoms in total. The second-order valence-electron chi connectivity index (χ2n) is 7.95. The lowest BCUT2D eigenvalue weighted by molar-refractivity contribution is 0.0490. The van der Waals surface area contributed by atoms with Crippen LogP contribution in [0.3, 0.4) is 0 Å². The van der Waals surface area contributed by atoms with E-state index in [9.17, 15) is 0 Å². The van der Waals surface area contributed by atoms with Crippen LogP contribution in [0.1, 0.15) is 90.4 Å². The third kappa shape index (κ3) is 5.41. The first-order valence-corrected chi connectivity index (χ1v) is 9.98. The van der Waals surface area contributed by atoms with Gasteiger partial charge in [0.1, 0.15) is 0 Å². The van der Waals surface area contributed by atoms with Crippen LogP contribution >= 0.6 is 0 Å². The van der Waals surface area contributed by atoms with Crippen LogP contribution in [0.5, 0.6) is 0 Å². The summed E-state index contributed by atoms with van der Waals surface area (Å²) in [7, 11) is 0. The van der Waals surface area contributed by atoms with Crippen molar-refractivity contribution < 1.29 is 4.74 Å². The summed E-state index contributed by atoms with van der Waals surface area (Å²) < 4.78 is 5.72. The van der Waals surface area contributed by atoms with Gasteiger partial charge in [0.05, 0.1) is 6.61 Å². The minimum Gasteiger partial charge on any atom is -0.377 e. The fourth-order valence-electron chi connectivity index (χ4n) is 4.96. The van der Waals surface area contributed by atoms with Gasteiger partial charge in [-0.1, -0.05) is 57.9 Å². The number of ether oxygens (including phenoxy) is 1. The van der Waals surface area contributed by atoms with Crippen LogP contribution in [0.2, 0.25) is 0 Å². The van der Waals surface area contributed by atoms with E-state index >= 15 is 0 Å². The zero-order valence-corrected chi connectivity index (χ0v) is 15.0. The molecule has 2 aliphatic carbocycles. The van der Waals surface area contributed by atoms with E-state index in [1.54, 1.807) is 0 Å². The summed E-state index contributed by atoms with van der Waals surface area (Å²) in [5.41, 5.74) is 0.600. The van der Waals surface area contributed by atoms with E-state index in [4.69, 9.17) is 4.74 Å². The first-order chi connectivity index (χ1) is 10.8. The van der Waals surface area contributed by atoms with Gasteiger partial charge in [-0.3, -0.25) is 0 Å². The zero-order chi connectivity index (χ0) is 15.7. The number of hydrogen-bond acceptors (Lipinski definition) is 1.